The number of esters is 6. The Balaban J connectivity index is 0.000000544. The van der Waals surface area contributed by atoms with Crippen LogP contribution in [-0.4, -0.2) is 224 Å². The van der Waals surface area contributed by atoms with E-state index in [0.29, 0.717) is 57.3 Å². The molecule has 0 radical (unpaired) electrons. The molecule has 0 bridgehead atoms. The quantitative estimate of drug-likeness (QED) is 0.00889. The second-order valence-electron chi connectivity index (χ2n) is 28.4. The minimum absolute atomic E-state index is 0. The van der Waals surface area contributed by atoms with Gasteiger partial charge < -0.3 is 84.2 Å². The van der Waals surface area contributed by atoms with E-state index in [1.807, 2.05) is 55.5 Å². The van der Waals surface area contributed by atoms with Crippen molar-refractivity contribution in [3.05, 3.63) is 269 Å². The molecule has 13 rings (SSSR count). The monoisotopic (exact) mass is 2040 g/mol. The fourth-order valence-electron chi connectivity index (χ4n) is 10.3. The molecule has 0 spiro atoms. The molecule has 7 unspecified atom stereocenters. The zero-order chi connectivity index (χ0) is 95.9. The van der Waals surface area contributed by atoms with Crippen molar-refractivity contribution < 1.29 is 207 Å². The molecule has 6 aliphatic heterocycles. The number of epoxide rings is 6. The summed E-state index contributed by atoms with van der Waals surface area (Å²) in [6.07, 6.45) is -1.67. The van der Waals surface area contributed by atoms with Crippen LogP contribution in [0.1, 0.15) is 138 Å². The topological polar surface area (TPSA) is 576 Å². The van der Waals surface area contributed by atoms with E-state index in [9.17, 15) is 150 Å². The Hall–Kier alpha value is -10.6. The fraction of sp³-hybridized carbons (Fsp3) is 0.373. The highest BCUT2D eigenvalue weighted by Crippen LogP contribution is 2.40. The SMILES string of the molecule is CC(OC(=O)c1ccc(C2CO2)cc1)C(F)(F)S(=O)(=O)[O-].CC1(c2ccc(C(=O)OCC(F)(F)S(=O)(=O)[O-])cc2)CO1.O=C(CCc1ccc(C2CO2)cc1)OCC(F)(F)S(=O)(=O)[O-].O=C(CCc1cccc(C2CO2)c1)OCCS(=O)(=O)[O-].O=C(Cc1cccc(C2CO2)c1)OCC(F)(F)S(=O)(=O)[O-].O=C(OCC(F)(F)S(=O)(=O)[O-])c1ccc2cc(C3CO3)ccc2c1.[CH3+].[CH3+].[CH3+].[CH3+].[CH3+].[CH3+]. The first-order chi connectivity index (χ1) is 59.7. The Morgan fingerprint density at radius 2 is 0.711 bits per heavy atom. The number of fused-ring (bicyclic) bond motifs is 1. The van der Waals surface area contributed by atoms with Crippen molar-refractivity contribution in [2.24, 2.45) is 0 Å². The van der Waals surface area contributed by atoms with Gasteiger partial charge in [-0.1, -0.05) is 115 Å². The van der Waals surface area contributed by atoms with Crippen LogP contribution in [0.3, 0.4) is 0 Å². The van der Waals surface area contributed by atoms with E-state index in [4.69, 9.17) is 28.4 Å². The Morgan fingerprint density at radius 1 is 0.385 bits per heavy atom. The summed E-state index contributed by atoms with van der Waals surface area (Å²) in [7, 11) is -33.7. The van der Waals surface area contributed by atoms with Gasteiger partial charge in [-0.15, -0.1) is 0 Å². The van der Waals surface area contributed by atoms with Gasteiger partial charge in [-0.25, -0.2) is 64.9 Å². The van der Waals surface area contributed by atoms with Crippen LogP contribution in [0, 0.1) is 44.6 Å². The van der Waals surface area contributed by atoms with Gasteiger partial charge >= 0.3 is 62.1 Å². The van der Waals surface area contributed by atoms with E-state index in [1.54, 1.807) is 72.8 Å². The molecular formula is C83H90F10O36S6. The molecule has 7 aromatic rings. The predicted molar refractivity (Wildman–Crippen MR) is 448 cm³/mol. The molecule has 6 heterocycles. The number of hydrogen-bond donors (Lipinski definition) is 0. The van der Waals surface area contributed by atoms with Crippen molar-refractivity contribution in [2.45, 2.75) is 114 Å². The van der Waals surface area contributed by atoms with Crippen molar-refractivity contribution >= 4 is 107 Å². The average Bonchev–Trinajstić information content (AvgIpc) is 1.63. The number of hydrogen-bond acceptors (Lipinski definition) is 36. The summed E-state index contributed by atoms with van der Waals surface area (Å²) in [5.41, 5.74) is 7.40. The molecule has 6 aliphatic rings. The predicted octanol–water partition coefficient (Wildman–Crippen LogP) is 10.7. The highest BCUT2D eigenvalue weighted by molar-refractivity contribution is 7.88. The van der Waals surface area contributed by atoms with Gasteiger partial charge in [-0.2, -0.15) is 43.9 Å². The summed E-state index contributed by atoms with van der Waals surface area (Å²) in [5, 5.41) is -21.8. The summed E-state index contributed by atoms with van der Waals surface area (Å²) in [5.74, 6) is -6.68. The van der Waals surface area contributed by atoms with E-state index in [0.717, 1.165) is 56.5 Å². The number of ether oxygens (including phenoxy) is 12. The van der Waals surface area contributed by atoms with E-state index in [1.165, 1.54) is 36.4 Å². The number of carbonyl (C=O) groups excluding carboxylic acids is 6. The van der Waals surface area contributed by atoms with E-state index < -0.39 is 167 Å². The molecule has 36 nitrogen and oxygen atoms in total. The Kier molecular flexibility index (Phi) is 43.6. The van der Waals surface area contributed by atoms with Crippen LogP contribution in [0.25, 0.3) is 10.8 Å². The Morgan fingerprint density at radius 3 is 1.12 bits per heavy atom. The molecule has 7 atom stereocenters. The number of halogens is 10. The van der Waals surface area contributed by atoms with Crippen LogP contribution in [0.5, 0.6) is 0 Å². The van der Waals surface area contributed by atoms with Crippen LogP contribution < -0.4 is 0 Å². The standard InChI is InChI=1S/C15H12F2O6S.C13H14F2O6S.C13H16O6S.3C12H12F2O6S.6CH3/c16-15(17,24(19,20)21)8-23-14(18)12-4-2-9-5-11(13-7-22-13)3-1-10(9)6-12;14-13(15,22(17,18)19)8-21-12(16)6-3-9-1-4-10(5-2-9)11-7-20-11;14-13(18-6-7-20(15,16)17)5-4-10-2-1-3-11(8-10)12-9-19-12;1-11(6-20-11)9-4-2-8(3-5-9)10(15)19-7-12(13,14)21(16,17)18;1-7(12(13,14)21(16,17)18)20-11(15)9-4-2-8(3-5-9)10-6-19-10;13-12(14,21(16,17)18)7-20-11(15)5-8-2-1-3-9(4-8)10-6-19-10;;;;;;/h1-6,13H,7-8H2,(H,19,20,21);1-2,4-5,11H,3,6-8H2,(H,17,18,19);1-3,8,12H,4-7,9H2,(H,15,16,17);2-5H,6-7H2,1H3,(H,16,17,18);2-5,7,10H,6H2,1H3,(H,16,17,18);1-4,10H,5-7H2,(H,16,17,18);6*1H3/q;;;;;;6*+1/p-6. The highest BCUT2D eigenvalue weighted by atomic mass is 32.2. The normalized spacial score (nSPS) is 18.1. The smallest absolute Gasteiger partial charge is 0.370 e. The molecule has 52 heteroatoms. The highest BCUT2D eigenvalue weighted by Gasteiger charge is 2.48. The number of aryl methyl sites for hydroxylation is 2. The Labute approximate surface area is 772 Å². The molecule has 0 aromatic heterocycles. The molecule has 0 saturated carbocycles. The maximum absolute atomic E-state index is 13.2. The largest absolute Gasteiger partial charge is 0.748 e. The van der Waals surface area contributed by atoms with Crippen molar-refractivity contribution in [1.82, 2.24) is 0 Å². The lowest BCUT2D eigenvalue weighted by atomic mass is 10.0. The van der Waals surface area contributed by atoms with Crippen LogP contribution in [-0.2, 0) is 157 Å². The zero-order valence-corrected chi connectivity index (χ0v) is 77.3. The molecule has 0 aliphatic carbocycles. The first-order valence-corrected chi connectivity index (χ1v) is 45.6. The summed E-state index contributed by atoms with van der Waals surface area (Å²) in [4.78, 5) is 69.0. The molecule has 6 fully saturated rings. The fourth-order valence-corrected chi connectivity index (χ4v) is 11.9. The zero-order valence-electron chi connectivity index (χ0n) is 72.4. The second kappa shape index (κ2) is 48.9. The van der Waals surface area contributed by atoms with Crippen molar-refractivity contribution in [1.29, 1.82) is 0 Å². The number of benzene rings is 7. The van der Waals surface area contributed by atoms with Crippen molar-refractivity contribution in [2.75, 3.05) is 78.4 Å². The number of rotatable bonds is 35. The molecule has 744 valence electrons. The maximum Gasteiger partial charge on any atom is 0.370 e. The lowest BCUT2D eigenvalue weighted by Crippen LogP contribution is -2.42. The van der Waals surface area contributed by atoms with Crippen LogP contribution in [0.15, 0.2) is 158 Å². The van der Waals surface area contributed by atoms with Crippen LogP contribution in [0.4, 0.5) is 43.9 Å². The lowest BCUT2D eigenvalue weighted by Gasteiger charge is -2.25. The third kappa shape index (κ3) is 37.8. The first-order valence-electron chi connectivity index (χ1n) is 37.0. The third-order valence-corrected chi connectivity index (χ3v) is 23.3. The molecule has 6 saturated heterocycles. The van der Waals surface area contributed by atoms with Gasteiger partial charge in [-0.05, 0) is 130 Å². The number of alkyl halides is 10. The van der Waals surface area contributed by atoms with Gasteiger partial charge in [0.05, 0.1) is 78.6 Å². The minimum Gasteiger partial charge on any atom is -0.748 e. The second-order valence-corrected chi connectivity index (χ2v) is 37.4. The van der Waals surface area contributed by atoms with Crippen molar-refractivity contribution in [3.63, 3.8) is 0 Å². The summed E-state index contributed by atoms with van der Waals surface area (Å²) < 4.78 is 371. The van der Waals surface area contributed by atoms with Gasteiger partial charge in [0, 0.05) is 57.4 Å². The first kappa shape index (κ1) is 120. The molecule has 0 amide bonds. The van der Waals surface area contributed by atoms with Gasteiger partial charge in [0.15, 0.2) is 83.1 Å². The maximum atomic E-state index is 13.2. The lowest BCUT2D eigenvalue weighted by molar-refractivity contribution is -0.150. The molecule has 7 aromatic carbocycles. The summed E-state index contributed by atoms with van der Waals surface area (Å²) in [6.45, 7) is -1.32. The minimum atomic E-state index is -5.92. The molecule has 0 N–H and O–H groups in total. The Bertz CT molecular complexity index is 5900. The van der Waals surface area contributed by atoms with E-state index in [2.05, 4.69) is 28.4 Å². The van der Waals surface area contributed by atoms with E-state index >= 15 is 0 Å². The van der Waals surface area contributed by atoms with Gasteiger partial charge in [0.25, 0.3) is 0 Å². The summed E-state index contributed by atoms with van der Waals surface area (Å²) >= 11 is 0. The van der Waals surface area contributed by atoms with Gasteiger partial charge in [-0.3, -0.25) is 14.4 Å². The van der Waals surface area contributed by atoms with Gasteiger partial charge in [0.2, 0.25) is 0 Å². The summed E-state index contributed by atoms with van der Waals surface area (Å²) in [6, 6.07) is 43.3. The van der Waals surface area contributed by atoms with Crippen LogP contribution in [0.2, 0.25) is 0 Å². The van der Waals surface area contributed by atoms with Crippen molar-refractivity contribution in [3.8, 4) is 0 Å². The van der Waals surface area contributed by atoms with Gasteiger partial charge in [0.1, 0.15) is 42.7 Å². The molecule has 135 heavy (non-hydrogen) atoms. The number of carbonyl (C=O) groups is 6. The average molecular weight is 2050 g/mol. The third-order valence-electron chi connectivity index (χ3n) is 18.2. The van der Waals surface area contributed by atoms with E-state index in [-0.39, 0.29) is 124 Å². The molecular weight excluding hydrogens is 1960 g/mol. The van der Waals surface area contributed by atoms with Crippen LogP contribution >= 0.6 is 0 Å².